The van der Waals surface area contributed by atoms with Crippen molar-refractivity contribution < 1.29 is 17.9 Å². The first-order valence-electron chi connectivity index (χ1n) is 7.28. The first-order valence-corrected chi connectivity index (χ1v) is 7.28. The number of benzene rings is 1. The van der Waals surface area contributed by atoms with E-state index in [1.807, 2.05) is 12.1 Å². The molecule has 0 aliphatic rings. The topological polar surface area (TPSA) is 59.9 Å². The summed E-state index contributed by atoms with van der Waals surface area (Å²) in [6.45, 7) is 1.76. The van der Waals surface area contributed by atoms with Crippen molar-refractivity contribution in [3.8, 4) is 17.0 Å². The Bertz CT molecular complexity index is 852. The van der Waals surface area contributed by atoms with Crippen molar-refractivity contribution in [2.45, 2.75) is 13.3 Å². The van der Waals surface area contributed by atoms with Crippen LogP contribution in [0, 0.1) is 6.92 Å². The van der Waals surface area contributed by atoms with Crippen LogP contribution in [0.5, 0.6) is 5.75 Å². The Morgan fingerprint density at radius 2 is 1.64 bits per heavy atom. The van der Waals surface area contributed by atoms with E-state index in [1.165, 1.54) is 24.3 Å². The van der Waals surface area contributed by atoms with Crippen molar-refractivity contribution in [1.82, 2.24) is 15.0 Å². The quantitative estimate of drug-likeness (QED) is 0.754. The number of anilines is 2. The normalized spacial score (nSPS) is 11.2. The number of aromatic nitrogens is 3. The summed E-state index contributed by atoms with van der Waals surface area (Å²) in [4.78, 5) is 12.6. The fourth-order valence-corrected chi connectivity index (χ4v) is 2.19. The summed E-state index contributed by atoms with van der Waals surface area (Å²) in [5.41, 5.74) is 2.18. The molecular weight excluding hydrogens is 333 g/mol. The molecule has 0 radical (unpaired) electrons. The third kappa shape index (κ3) is 4.66. The minimum absolute atomic E-state index is 0.283. The smallest absolute Gasteiger partial charge is 0.406 e. The molecule has 5 nitrogen and oxygen atoms in total. The number of halogens is 3. The third-order valence-corrected chi connectivity index (χ3v) is 3.17. The molecule has 0 unspecified atom stereocenters. The maximum Gasteiger partial charge on any atom is 0.573 e. The number of pyridine rings is 1. The van der Waals surface area contributed by atoms with Gasteiger partial charge in [0.05, 0.1) is 5.69 Å². The molecule has 8 heteroatoms. The van der Waals surface area contributed by atoms with E-state index >= 15 is 0 Å². The largest absolute Gasteiger partial charge is 0.573 e. The second kappa shape index (κ2) is 6.76. The molecule has 1 N–H and O–H groups in total. The molecule has 2 aromatic heterocycles. The number of alkyl halides is 3. The van der Waals surface area contributed by atoms with Crippen LogP contribution in [0.4, 0.5) is 24.7 Å². The zero-order valence-electron chi connectivity index (χ0n) is 13.1. The van der Waals surface area contributed by atoms with E-state index in [0.717, 1.165) is 11.3 Å². The highest BCUT2D eigenvalue weighted by atomic mass is 19.4. The van der Waals surface area contributed by atoms with Gasteiger partial charge in [0.25, 0.3) is 0 Å². The zero-order chi connectivity index (χ0) is 17.9. The SMILES string of the molecule is Cc1nc(Nc2ccc(OC(F)(F)F)cc2)cc(-c2ccncc2)n1. The Kier molecular flexibility index (Phi) is 4.51. The van der Waals surface area contributed by atoms with E-state index in [2.05, 4.69) is 25.0 Å². The van der Waals surface area contributed by atoms with E-state index in [0.29, 0.717) is 17.3 Å². The second-order valence-electron chi connectivity index (χ2n) is 5.12. The van der Waals surface area contributed by atoms with Gasteiger partial charge in [-0.15, -0.1) is 13.2 Å². The molecule has 0 saturated carbocycles. The van der Waals surface area contributed by atoms with Crippen LogP contribution in [0.2, 0.25) is 0 Å². The Balaban J connectivity index is 1.80. The summed E-state index contributed by atoms with van der Waals surface area (Å²) in [6.07, 6.45) is -1.38. The summed E-state index contributed by atoms with van der Waals surface area (Å²) >= 11 is 0. The molecule has 2 heterocycles. The Labute approximate surface area is 141 Å². The molecule has 0 amide bonds. The van der Waals surface area contributed by atoms with Gasteiger partial charge in [0, 0.05) is 29.7 Å². The van der Waals surface area contributed by atoms with Crippen LogP contribution in [-0.4, -0.2) is 21.3 Å². The highest BCUT2D eigenvalue weighted by molar-refractivity contribution is 5.65. The van der Waals surface area contributed by atoms with E-state index in [-0.39, 0.29) is 5.75 Å². The highest BCUT2D eigenvalue weighted by Crippen LogP contribution is 2.26. The van der Waals surface area contributed by atoms with Crippen LogP contribution >= 0.6 is 0 Å². The Morgan fingerprint density at radius 3 is 2.28 bits per heavy atom. The van der Waals surface area contributed by atoms with Crippen molar-refractivity contribution in [1.29, 1.82) is 0 Å². The van der Waals surface area contributed by atoms with Crippen LogP contribution in [0.15, 0.2) is 54.9 Å². The number of hydrogen-bond acceptors (Lipinski definition) is 5. The van der Waals surface area contributed by atoms with Gasteiger partial charge >= 0.3 is 6.36 Å². The lowest BCUT2D eigenvalue weighted by Gasteiger charge is -2.11. The first kappa shape index (κ1) is 16.7. The maximum absolute atomic E-state index is 12.2. The van der Waals surface area contributed by atoms with Crippen molar-refractivity contribution in [2.24, 2.45) is 0 Å². The van der Waals surface area contributed by atoms with Crippen molar-refractivity contribution in [2.75, 3.05) is 5.32 Å². The molecule has 1 aromatic carbocycles. The number of aryl methyl sites for hydroxylation is 1. The Morgan fingerprint density at radius 1 is 0.960 bits per heavy atom. The van der Waals surface area contributed by atoms with E-state index in [9.17, 15) is 13.2 Å². The fourth-order valence-electron chi connectivity index (χ4n) is 2.19. The van der Waals surface area contributed by atoms with Crippen molar-refractivity contribution in [3.63, 3.8) is 0 Å². The van der Waals surface area contributed by atoms with E-state index in [1.54, 1.807) is 25.4 Å². The van der Waals surface area contributed by atoms with Crippen LogP contribution in [0.3, 0.4) is 0 Å². The van der Waals surface area contributed by atoms with E-state index < -0.39 is 6.36 Å². The predicted molar refractivity (Wildman–Crippen MR) is 86.4 cm³/mol. The molecular formula is C17H13F3N4O. The molecule has 3 aromatic rings. The molecule has 0 aliphatic carbocycles. The summed E-state index contributed by atoms with van der Waals surface area (Å²) in [5.74, 6) is 0.812. The lowest BCUT2D eigenvalue weighted by molar-refractivity contribution is -0.274. The summed E-state index contributed by atoms with van der Waals surface area (Å²) in [6, 6.07) is 10.8. The summed E-state index contributed by atoms with van der Waals surface area (Å²) in [7, 11) is 0. The minimum atomic E-state index is -4.71. The molecule has 25 heavy (non-hydrogen) atoms. The van der Waals surface area contributed by atoms with E-state index in [4.69, 9.17) is 0 Å². The van der Waals surface area contributed by atoms with Crippen LogP contribution in [0.25, 0.3) is 11.3 Å². The van der Waals surface area contributed by atoms with Gasteiger partial charge in [-0.3, -0.25) is 4.98 Å². The average molecular weight is 346 g/mol. The average Bonchev–Trinajstić information content (AvgIpc) is 2.56. The lowest BCUT2D eigenvalue weighted by atomic mass is 10.2. The molecule has 0 bridgehead atoms. The number of nitrogens with zero attached hydrogens (tertiary/aromatic N) is 3. The van der Waals surface area contributed by atoms with Crippen molar-refractivity contribution >= 4 is 11.5 Å². The standard InChI is InChI=1S/C17H13F3N4O/c1-11-22-15(12-6-8-21-9-7-12)10-16(23-11)24-13-2-4-14(5-3-13)25-17(18,19)20/h2-10H,1H3,(H,22,23,24). The van der Waals surface area contributed by atoms with Gasteiger partial charge in [-0.2, -0.15) is 0 Å². The van der Waals surface area contributed by atoms with Gasteiger partial charge in [0.2, 0.25) is 0 Å². The molecule has 3 rings (SSSR count). The molecule has 0 atom stereocenters. The number of rotatable bonds is 4. The fraction of sp³-hybridized carbons (Fsp3) is 0.118. The third-order valence-electron chi connectivity index (χ3n) is 3.17. The highest BCUT2D eigenvalue weighted by Gasteiger charge is 2.30. The molecule has 0 saturated heterocycles. The second-order valence-corrected chi connectivity index (χ2v) is 5.12. The first-order chi connectivity index (χ1) is 11.9. The predicted octanol–water partition coefficient (Wildman–Crippen LogP) is 4.49. The van der Waals surface area contributed by atoms with Crippen LogP contribution in [0.1, 0.15) is 5.82 Å². The Hall–Kier alpha value is -3.16. The molecule has 0 spiro atoms. The number of nitrogens with one attached hydrogen (secondary N) is 1. The summed E-state index contributed by atoms with van der Waals surface area (Å²) in [5, 5.41) is 3.04. The zero-order valence-corrected chi connectivity index (χ0v) is 13.1. The molecule has 0 aliphatic heterocycles. The lowest BCUT2D eigenvalue weighted by Crippen LogP contribution is -2.16. The van der Waals surface area contributed by atoms with Gasteiger partial charge < -0.3 is 10.1 Å². The van der Waals surface area contributed by atoms with Gasteiger partial charge in [-0.05, 0) is 43.3 Å². The van der Waals surface area contributed by atoms with Gasteiger partial charge in [0.15, 0.2) is 0 Å². The maximum atomic E-state index is 12.2. The van der Waals surface area contributed by atoms with Gasteiger partial charge in [0.1, 0.15) is 17.4 Å². The molecule has 128 valence electrons. The summed E-state index contributed by atoms with van der Waals surface area (Å²) < 4.78 is 40.4. The number of ether oxygens (including phenoxy) is 1. The van der Waals surface area contributed by atoms with Crippen LogP contribution < -0.4 is 10.1 Å². The van der Waals surface area contributed by atoms with Crippen LogP contribution in [-0.2, 0) is 0 Å². The minimum Gasteiger partial charge on any atom is -0.406 e. The van der Waals surface area contributed by atoms with Gasteiger partial charge in [-0.25, -0.2) is 9.97 Å². The number of hydrogen-bond donors (Lipinski definition) is 1. The monoisotopic (exact) mass is 346 g/mol. The molecule has 0 fully saturated rings. The van der Waals surface area contributed by atoms with Gasteiger partial charge in [-0.1, -0.05) is 0 Å². The van der Waals surface area contributed by atoms with Crippen molar-refractivity contribution in [3.05, 3.63) is 60.7 Å².